The van der Waals surface area contributed by atoms with Crippen molar-refractivity contribution in [3.05, 3.63) is 35.2 Å². The summed E-state index contributed by atoms with van der Waals surface area (Å²) in [4.78, 5) is 0. The van der Waals surface area contributed by atoms with Gasteiger partial charge in [0.05, 0.1) is 5.83 Å². The van der Waals surface area contributed by atoms with E-state index in [-0.39, 0.29) is 5.83 Å². The van der Waals surface area contributed by atoms with Crippen LogP contribution in [0.3, 0.4) is 0 Å². The van der Waals surface area contributed by atoms with Crippen molar-refractivity contribution in [2.24, 2.45) is 0 Å². The molecule has 0 aromatic heterocycles. The molecule has 0 unspecified atom stereocenters. The van der Waals surface area contributed by atoms with Crippen LogP contribution in [0.4, 0.5) is 4.39 Å². The van der Waals surface area contributed by atoms with Crippen LogP contribution in [0, 0.1) is 0 Å². The van der Waals surface area contributed by atoms with E-state index in [9.17, 15) is 4.39 Å². The first kappa shape index (κ1) is 12.2. The molecule has 0 radical (unpaired) electrons. The molecule has 0 nitrogen and oxygen atoms in total. The molecular weight excluding hydrogens is 163 g/mol. The van der Waals surface area contributed by atoms with Crippen LogP contribution in [0.1, 0.15) is 40.5 Å². The molecule has 74 valence electrons. The lowest BCUT2D eigenvalue weighted by atomic mass is 10.1. The van der Waals surface area contributed by atoms with Crippen LogP contribution in [-0.4, -0.2) is 0 Å². The van der Waals surface area contributed by atoms with Gasteiger partial charge in [0, 0.05) is 0 Å². The first-order chi connectivity index (χ1) is 6.02. The molecule has 0 rings (SSSR count). The molecule has 0 spiro atoms. The van der Waals surface area contributed by atoms with Gasteiger partial charge in [0.2, 0.25) is 0 Å². The minimum absolute atomic E-state index is 0.137. The molecule has 0 atom stereocenters. The van der Waals surface area contributed by atoms with Crippen molar-refractivity contribution in [1.29, 1.82) is 0 Å². The zero-order valence-electron chi connectivity index (χ0n) is 9.02. The third-order valence-corrected chi connectivity index (χ3v) is 1.69. The topological polar surface area (TPSA) is 0 Å². The van der Waals surface area contributed by atoms with E-state index < -0.39 is 0 Å². The number of hydrogen-bond acceptors (Lipinski definition) is 0. The van der Waals surface area contributed by atoms with Crippen LogP contribution < -0.4 is 0 Å². The van der Waals surface area contributed by atoms with Crippen LogP contribution in [0.5, 0.6) is 0 Å². The molecule has 0 aliphatic heterocycles. The monoisotopic (exact) mass is 182 g/mol. The Kier molecular flexibility index (Phi) is 6.21. The maximum absolute atomic E-state index is 12.3. The van der Waals surface area contributed by atoms with Gasteiger partial charge in [-0.25, -0.2) is 4.39 Å². The first-order valence-electron chi connectivity index (χ1n) is 4.65. The smallest absolute Gasteiger partial charge is 0.0968 e. The summed E-state index contributed by atoms with van der Waals surface area (Å²) in [6, 6.07) is 0. The molecule has 0 aliphatic carbocycles. The van der Waals surface area contributed by atoms with E-state index in [1.54, 1.807) is 0 Å². The van der Waals surface area contributed by atoms with Gasteiger partial charge in [-0.2, -0.15) is 0 Å². The minimum atomic E-state index is -0.137. The average Bonchev–Trinajstić information content (AvgIpc) is 2.00. The van der Waals surface area contributed by atoms with E-state index in [0.717, 1.165) is 12.8 Å². The summed E-state index contributed by atoms with van der Waals surface area (Å²) in [6.45, 7) is 7.66. The minimum Gasteiger partial charge on any atom is -0.212 e. The summed E-state index contributed by atoms with van der Waals surface area (Å²) in [5, 5.41) is 0. The summed E-state index contributed by atoms with van der Waals surface area (Å²) < 4.78 is 12.3. The molecule has 0 bridgehead atoms. The van der Waals surface area contributed by atoms with Gasteiger partial charge in [0.25, 0.3) is 0 Å². The lowest BCUT2D eigenvalue weighted by Crippen LogP contribution is -1.76. The van der Waals surface area contributed by atoms with E-state index in [2.05, 4.69) is 19.9 Å². The predicted molar refractivity (Wildman–Crippen MR) is 57.3 cm³/mol. The SMILES string of the molecule is CC(C)=CCCC(C)=CC=C(C)F. The summed E-state index contributed by atoms with van der Waals surface area (Å²) in [6.07, 6.45) is 7.61. The molecule has 1 heteroatoms. The molecule has 0 amide bonds. The lowest BCUT2D eigenvalue weighted by molar-refractivity contribution is 0.640. The fourth-order valence-electron chi connectivity index (χ4n) is 0.929. The number of allylic oxidation sites excluding steroid dienone is 6. The lowest BCUT2D eigenvalue weighted by Gasteiger charge is -1.96. The molecular formula is C12H19F. The molecule has 0 fully saturated rings. The molecule has 0 aromatic rings. The average molecular weight is 182 g/mol. The van der Waals surface area contributed by atoms with Crippen molar-refractivity contribution >= 4 is 0 Å². The summed E-state index contributed by atoms with van der Waals surface area (Å²) in [5.41, 5.74) is 2.56. The van der Waals surface area contributed by atoms with Gasteiger partial charge >= 0.3 is 0 Å². The van der Waals surface area contributed by atoms with Crippen molar-refractivity contribution in [1.82, 2.24) is 0 Å². The highest BCUT2D eigenvalue weighted by molar-refractivity contribution is 5.12. The standard InChI is InChI=1S/C12H19F/c1-10(2)6-5-7-11(3)8-9-12(4)13/h6,8-9H,5,7H2,1-4H3. The number of halogens is 1. The van der Waals surface area contributed by atoms with E-state index in [1.165, 1.54) is 24.1 Å². The maximum atomic E-state index is 12.3. The zero-order chi connectivity index (χ0) is 10.3. The van der Waals surface area contributed by atoms with Gasteiger partial charge in [-0.05, 0) is 46.6 Å². The fourth-order valence-corrected chi connectivity index (χ4v) is 0.929. The van der Waals surface area contributed by atoms with E-state index in [0.29, 0.717) is 0 Å². The highest BCUT2D eigenvalue weighted by Crippen LogP contribution is 2.07. The number of rotatable bonds is 4. The third kappa shape index (κ3) is 9.06. The Balaban J connectivity index is 3.88. The Hall–Kier alpha value is -0.850. The second-order valence-electron chi connectivity index (χ2n) is 3.59. The normalized spacial score (nSPS) is 13.0. The van der Waals surface area contributed by atoms with Gasteiger partial charge < -0.3 is 0 Å². The van der Waals surface area contributed by atoms with Crippen LogP contribution in [0.25, 0.3) is 0 Å². The van der Waals surface area contributed by atoms with Gasteiger partial charge in [0.1, 0.15) is 0 Å². The van der Waals surface area contributed by atoms with Gasteiger partial charge in [0.15, 0.2) is 0 Å². The third-order valence-electron chi connectivity index (χ3n) is 1.69. The van der Waals surface area contributed by atoms with Gasteiger partial charge in [-0.3, -0.25) is 0 Å². The van der Waals surface area contributed by atoms with Crippen molar-refractivity contribution in [2.45, 2.75) is 40.5 Å². The molecule has 0 N–H and O–H groups in total. The second kappa shape index (κ2) is 6.64. The van der Waals surface area contributed by atoms with Crippen LogP contribution in [0.2, 0.25) is 0 Å². The fraction of sp³-hybridized carbons (Fsp3) is 0.500. The molecule has 13 heavy (non-hydrogen) atoms. The molecule has 0 aliphatic rings. The largest absolute Gasteiger partial charge is 0.212 e. The van der Waals surface area contributed by atoms with Gasteiger partial charge in [-0.15, -0.1) is 0 Å². The Bertz CT molecular complexity index is 224. The van der Waals surface area contributed by atoms with Gasteiger partial charge in [-0.1, -0.05) is 23.3 Å². The Morgan fingerprint density at radius 2 is 1.69 bits per heavy atom. The Morgan fingerprint density at radius 3 is 2.15 bits per heavy atom. The van der Waals surface area contributed by atoms with Crippen LogP contribution in [0.15, 0.2) is 35.2 Å². The van der Waals surface area contributed by atoms with Crippen molar-refractivity contribution in [3.63, 3.8) is 0 Å². The zero-order valence-corrected chi connectivity index (χ0v) is 9.02. The molecule has 0 aromatic carbocycles. The molecule has 0 heterocycles. The quantitative estimate of drug-likeness (QED) is 0.442. The van der Waals surface area contributed by atoms with E-state index in [4.69, 9.17) is 0 Å². The summed E-state index contributed by atoms with van der Waals surface area (Å²) in [7, 11) is 0. The van der Waals surface area contributed by atoms with E-state index >= 15 is 0 Å². The van der Waals surface area contributed by atoms with Crippen LogP contribution in [-0.2, 0) is 0 Å². The predicted octanol–water partition coefficient (Wildman–Crippen LogP) is 4.55. The highest BCUT2D eigenvalue weighted by Gasteiger charge is 1.87. The maximum Gasteiger partial charge on any atom is 0.0968 e. The first-order valence-corrected chi connectivity index (χ1v) is 4.65. The van der Waals surface area contributed by atoms with Crippen LogP contribution >= 0.6 is 0 Å². The molecule has 0 saturated heterocycles. The van der Waals surface area contributed by atoms with Crippen molar-refractivity contribution < 1.29 is 4.39 Å². The highest BCUT2D eigenvalue weighted by atomic mass is 19.1. The Morgan fingerprint density at radius 1 is 1.08 bits per heavy atom. The molecule has 0 saturated carbocycles. The summed E-state index contributed by atoms with van der Waals surface area (Å²) in [5.74, 6) is -0.137. The van der Waals surface area contributed by atoms with Crippen molar-refractivity contribution in [2.75, 3.05) is 0 Å². The summed E-state index contributed by atoms with van der Waals surface area (Å²) >= 11 is 0. The second-order valence-corrected chi connectivity index (χ2v) is 3.59. The van der Waals surface area contributed by atoms with Crippen molar-refractivity contribution in [3.8, 4) is 0 Å². The Labute approximate surface area is 80.9 Å². The number of hydrogen-bond donors (Lipinski definition) is 0. The van der Waals surface area contributed by atoms with E-state index in [1.807, 2.05) is 13.0 Å².